The number of amides is 1. The van der Waals surface area contributed by atoms with Crippen LogP contribution in [0.15, 0.2) is 30.5 Å². The van der Waals surface area contributed by atoms with E-state index in [4.69, 9.17) is 4.74 Å². The highest BCUT2D eigenvalue weighted by Gasteiger charge is 2.35. The molecule has 0 aliphatic carbocycles. The van der Waals surface area contributed by atoms with Gasteiger partial charge in [0.25, 0.3) is 5.91 Å². The van der Waals surface area contributed by atoms with Gasteiger partial charge in [0.1, 0.15) is 11.6 Å². The van der Waals surface area contributed by atoms with E-state index in [9.17, 15) is 9.90 Å². The maximum atomic E-state index is 13.6. The molecular formula is C22H29N5O3. The summed E-state index contributed by atoms with van der Waals surface area (Å²) in [5.74, 6) is 1.58. The zero-order chi connectivity index (χ0) is 21.1. The average Bonchev–Trinajstić information content (AvgIpc) is 3.20. The van der Waals surface area contributed by atoms with Crippen molar-refractivity contribution in [2.75, 3.05) is 36.5 Å². The molecule has 0 spiro atoms. The molecule has 1 saturated heterocycles. The third-order valence-corrected chi connectivity index (χ3v) is 5.50. The Kier molecular flexibility index (Phi) is 5.87. The Balaban J connectivity index is 1.67. The van der Waals surface area contributed by atoms with Crippen LogP contribution in [0, 0.1) is 0 Å². The summed E-state index contributed by atoms with van der Waals surface area (Å²) in [5, 5.41) is 17.6. The van der Waals surface area contributed by atoms with E-state index in [0.717, 1.165) is 30.8 Å². The van der Waals surface area contributed by atoms with Gasteiger partial charge in [-0.25, -0.2) is 4.98 Å². The lowest BCUT2D eigenvalue weighted by atomic mass is 9.91. The molecule has 3 heterocycles. The minimum absolute atomic E-state index is 0.162. The number of ether oxygens (including phenoxy) is 1. The molecule has 2 aliphatic heterocycles. The Hall–Kier alpha value is -2.71. The lowest BCUT2D eigenvalue weighted by Crippen LogP contribution is -2.51. The fraction of sp³-hybridized carbons (Fsp3) is 0.500. The van der Waals surface area contributed by atoms with Gasteiger partial charge in [0, 0.05) is 24.2 Å². The van der Waals surface area contributed by atoms with Gasteiger partial charge in [0.05, 0.1) is 18.8 Å². The Bertz CT molecular complexity index is 911. The van der Waals surface area contributed by atoms with Gasteiger partial charge in [0.2, 0.25) is 5.95 Å². The van der Waals surface area contributed by atoms with Crippen LogP contribution in [0.1, 0.15) is 42.6 Å². The quantitative estimate of drug-likeness (QED) is 0.668. The van der Waals surface area contributed by atoms with Crippen molar-refractivity contribution in [3.05, 3.63) is 41.6 Å². The third-order valence-electron chi connectivity index (χ3n) is 5.50. The Morgan fingerprint density at radius 2 is 2.13 bits per heavy atom. The molecule has 0 bridgehead atoms. The van der Waals surface area contributed by atoms with Crippen molar-refractivity contribution in [1.82, 2.24) is 15.3 Å². The van der Waals surface area contributed by atoms with E-state index in [1.54, 1.807) is 23.2 Å². The number of benzene rings is 1. The molecule has 3 N–H and O–H groups in total. The number of fused-ring (bicyclic) bond motifs is 1. The number of hydrogen-bond donors (Lipinski definition) is 3. The lowest BCUT2D eigenvalue weighted by molar-refractivity contribution is 0.0169. The number of nitrogens with one attached hydrogen (secondary N) is 2. The first-order valence-corrected chi connectivity index (χ1v) is 10.5. The summed E-state index contributed by atoms with van der Waals surface area (Å²) in [6.45, 7) is 6.27. The SMILES string of the molecule is CC(C)Nc1nccc(N(CC2(O)CCNCC2)C(=O)c2ccc3c(c2)CCO3)n1. The van der Waals surface area contributed by atoms with Gasteiger partial charge in [-0.1, -0.05) is 0 Å². The van der Waals surface area contributed by atoms with E-state index in [0.29, 0.717) is 36.8 Å². The van der Waals surface area contributed by atoms with E-state index in [1.165, 1.54) is 0 Å². The smallest absolute Gasteiger partial charge is 0.259 e. The van der Waals surface area contributed by atoms with E-state index >= 15 is 0 Å². The number of hydrogen-bond acceptors (Lipinski definition) is 7. The van der Waals surface area contributed by atoms with Crippen molar-refractivity contribution in [3.63, 3.8) is 0 Å². The molecule has 8 nitrogen and oxygen atoms in total. The summed E-state index contributed by atoms with van der Waals surface area (Å²) in [7, 11) is 0. The van der Waals surface area contributed by atoms with Crippen molar-refractivity contribution < 1.29 is 14.6 Å². The van der Waals surface area contributed by atoms with Crippen LogP contribution in [0.5, 0.6) is 5.75 Å². The molecule has 1 aromatic heterocycles. The van der Waals surface area contributed by atoms with Crippen LogP contribution in [0.25, 0.3) is 0 Å². The van der Waals surface area contributed by atoms with Gasteiger partial charge in [-0.05, 0) is 69.6 Å². The number of nitrogens with zero attached hydrogens (tertiary/aromatic N) is 3. The zero-order valence-corrected chi connectivity index (χ0v) is 17.5. The number of carbonyl (C=O) groups is 1. The van der Waals surface area contributed by atoms with Crippen LogP contribution in [-0.4, -0.2) is 58.9 Å². The van der Waals surface area contributed by atoms with E-state index < -0.39 is 5.60 Å². The Labute approximate surface area is 176 Å². The Morgan fingerprint density at radius 1 is 1.33 bits per heavy atom. The average molecular weight is 412 g/mol. The maximum Gasteiger partial charge on any atom is 0.259 e. The second kappa shape index (κ2) is 8.57. The third kappa shape index (κ3) is 4.55. The number of piperidine rings is 1. The van der Waals surface area contributed by atoms with E-state index in [1.807, 2.05) is 26.0 Å². The number of carbonyl (C=O) groups excluding carboxylic acids is 1. The van der Waals surface area contributed by atoms with Crippen molar-refractivity contribution in [1.29, 1.82) is 0 Å². The first kappa shape index (κ1) is 20.6. The zero-order valence-electron chi connectivity index (χ0n) is 17.5. The predicted octanol–water partition coefficient (Wildman–Crippen LogP) is 1.99. The standard InChI is InChI=1S/C22H29N5O3/c1-15(2)25-21-24-9-5-19(26-21)27(14-22(29)7-10-23-11-8-22)20(28)17-3-4-18-16(13-17)6-12-30-18/h3-5,9,13,15,23,29H,6-8,10-12,14H2,1-2H3,(H,24,25,26). The normalized spacial score (nSPS) is 17.3. The molecule has 1 aromatic carbocycles. The summed E-state index contributed by atoms with van der Waals surface area (Å²) in [5.41, 5.74) is 0.636. The van der Waals surface area contributed by atoms with Crippen LogP contribution in [0.3, 0.4) is 0 Å². The predicted molar refractivity (Wildman–Crippen MR) is 115 cm³/mol. The minimum Gasteiger partial charge on any atom is -0.493 e. The molecule has 1 amide bonds. The molecule has 0 atom stereocenters. The van der Waals surface area contributed by atoms with Crippen molar-refractivity contribution in [3.8, 4) is 5.75 Å². The Morgan fingerprint density at radius 3 is 2.90 bits per heavy atom. The van der Waals surface area contributed by atoms with Gasteiger partial charge >= 0.3 is 0 Å². The molecule has 160 valence electrons. The molecule has 0 saturated carbocycles. The van der Waals surface area contributed by atoms with Crippen molar-refractivity contribution in [2.45, 2.75) is 44.8 Å². The van der Waals surface area contributed by atoms with E-state index in [2.05, 4.69) is 20.6 Å². The van der Waals surface area contributed by atoms with Gasteiger partial charge in [-0.2, -0.15) is 4.98 Å². The lowest BCUT2D eigenvalue weighted by Gasteiger charge is -2.37. The number of rotatable bonds is 6. The second-order valence-electron chi connectivity index (χ2n) is 8.32. The topological polar surface area (TPSA) is 99.6 Å². The maximum absolute atomic E-state index is 13.6. The highest BCUT2D eigenvalue weighted by atomic mass is 16.5. The van der Waals surface area contributed by atoms with Crippen LogP contribution in [-0.2, 0) is 6.42 Å². The molecule has 30 heavy (non-hydrogen) atoms. The monoisotopic (exact) mass is 411 g/mol. The highest BCUT2D eigenvalue weighted by molar-refractivity contribution is 6.06. The van der Waals surface area contributed by atoms with Crippen molar-refractivity contribution in [2.24, 2.45) is 0 Å². The molecule has 0 unspecified atom stereocenters. The van der Waals surface area contributed by atoms with Gasteiger partial charge in [-0.15, -0.1) is 0 Å². The van der Waals surface area contributed by atoms with Crippen LogP contribution in [0.2, 0.25) is 0 Å². The molecule has 0 radical (unpaired) electrons. The van der Waals surface area contributed by atoms with Crippen LogP contribution in [0.4, 0.5) is 11.8 Å². The fourth-order valence-corrected chi connectivity index (χ4v) is 3.90. The van der Waals surface area contributed by atoms with Gasteiger partial charge in [0.15, 0.2) is 0 Å². The molecule has 2 aromatic rings. The summed E-state index contributed by atoms with van der Waals surface area (Å²) >= 11 is 0. The first-order valence-electron chi connectivity index (χ1n) is 10.5. The first-order chi connectivity index (χ1) is 14.4. The fourth-order valence-electron chi connectivity index (χ4n) is 3.90. The molecule has 4 rings (SSSR count). The summed E-state index contributed by atoms with van der Waals surface area (Å²) < 4.78 is 5.57. The van der Waals surface area contributed by atoms with Gasteiger partial charge < -0.3 is 20.5 Å². The number of aliphatic hydroxyl groups is 1. The van der Waals surface area contributed by atoms with Crippen LogP contribution >= 0.6 is 0 Å². The number of anilines is 2. The minimum atomic E-state index is -0.961. The van der Waals surface area contributed by atoms with Crippen LogP contribution < -0.4 is 20.3 Å². The largest absolute Gasteiger partial charge is 0.493 e. The molecular weight excluding hydrogens is 382 g/mol. The summed E-state index contributed by atoms with van der Waals surface area (Å²) in [6, 6.07) is 7.39. The second-order valence-corrected chi connectivity index (χ2v) is 8.32. The molecule has 1 fully saturated rings. The molecule has 8 heteroatoms. The van der Waals surface area contributed by atoms with Gasteiger partial charge in [-0.3, -0.25) is 9.69 Å². The highest BCUT2D eigenvalue weighted by Crippen LogP contribution is 2.29. The summed E-state index contributed by atoms with van der Waals surface area (Å²) in [4.78, 5) is 24.0. The number of aromatic nitrogens is 2. The molecule has 2 aliphatic rings. The van der Waals surface area contributed by atoms with Crippen molar-refractivity contribution >= 4 is 17.7 Å². The van der Waals surface area contributed by atoms with E-state index in [-0.39, 0.29) is 18.5 Å². The summed E-state index contributed by atoms with van der Waals surface area (Å²) in [6.07, 6.45) is 3.59.